The maximum absolute atomic E-state index is 10.0. The molecule has 0 aliphatic heterocycles. The fourth-order valence-electron chi connectivity index (χ4n) is 1.08. The van der Waals surface area contributed by atoms with Gasteiger partial charge in [0.25, 0.3) is 0 Å². The number of nitrogens with zero attached hydrogens (tertiary/aromatic N) is 2. The number of rotatable bonds is 4. The van der Waals surface area contributed by atoms with Crippen molar-refractivity contribution in [3.63, 3.8) is 0 Å². The number of ether oxygens (including phenoxy) is 1. The van der Waals surface area contributed by atoms with Crippen LogP contribution >= 0.6 is 0 Å². The number of hydrazone groups is 1. The minimum Gasteiger partial charge on any atom is -0.496 e. The van der Waals surface area contributed by atoms with Crippen LogP contribution in [0.15, 0.2) is 29.4 Å². The highest BCUT2D eigenvalue weighted by atomic mass is 16.7. The summed E-state index contributed by atoms with van der Waals surface area (Å²) in [7, 11) is 1.54. The Morgan fingerprint density at radius 1 is 1.65 bits per heavy atom. The lowest BCUT2D eigenvalue weighted by Gasteiger charge is -1.99. The molecule has 1 rings (SSSR count). The molecule has 1 aromatic carbocycles. The maximum Gasteiger partial charge on any atom is 0.319 e. The number of guanidine groups is 1. The molecule has 1 aromatic rings. The predicted octanol–water partition coefficient (Wildman–Crippen LogP) is -1.79. The van der Waals surface area contributed by atoms with Gasteiger partial charge in [-0.25, -0.2) is 10.1 Å². The number of methoxy groups -OCH3 is 1. The number of hydrazine groups is 1. The zero-order valence-electron chi connectivity index (χ0n) is 9.08. The first-order valence-electron chi connectivity index (χ1n) is 4.59. The van der Waals surface area contributed by atoms with Crippen LogP contribution < -0.4 is 21.0 Å². The lowest BCUT2D eigenvalue weighted by Crippen LogP contribution is -2.64. The van der Waals surface area contributed by atoms with Crippen molar-refractivity contribution in [1.29, 1.82) is 0 Å². The smallest absolute Gasteiger partial charge is 0.319 e. The van der Waals surface area contributed by atoms with Crippen molar-refractivity contribution in [2.24, 2.45) is 10.8 Å². The van der Waals surface area contributed by atoms with Crippen molar-refractivity contribution in [2.75, 3.05) is 7.11 Å². The number of nitrogens with two attached hydrogens (primary N) is 1. The van der Waals surface area contributed by atoms with Crippen LogP contribution in [0.1, 0.15) is 5.56 Å². The molecule has 0 aromatic heterocycles. The third kappa shape index (κ3) is 4.16. The lowest BCUT2D eigenvalue weighted by atomic mass is 10.2. The van der Waals surface area contributed by atoms with Crippen LogP contribution in [0.4, 0.5) is 0 Å². The van der Waals surface area contributed by atoms with E-state index in [1.807, 2.05) is 12.1 Å². The van der Waals surface area contributed by atoms with E-state index in [9.17, 15) is 10.1 Å². The Balaban J connectivity index is 2.74. The van der Waals surface area contributed by atoms with Crippen molar-refractivity contribution in [2.45, 2.75) is 0 Å². The Morgan fingerprint density at radius 2 is 2.35 bits per heavy atom. The Labute approximate surface area is 96.9 Å². The van der Waals surface area contributed by atoms with Crippen molar-refractivity contribution in [3.05, 3.63) is 39.9 Å². The molecule has 0 atom stereocenters. The van der Waals surface area contributed by atoms with E-state index in [4.69, 9.17) is 10.5 Å². The summed E-state index contributed by atoms with van der Waals surface area (Å²) in [5, 5.41) is 15.2. The molecule has 0 fully saturated rings. The normalized spacial score (nSPS) is 11.5. The molecule has 0 amide bonds. The Morgan fingerprint density at radius 3 is 3.00 bits per heavy atom. The summed E-state index contributed by atoms with van der Waals surface area (Å²) in [6, 6.07) is 7.20. The van der Waals surface area contributed by atoms with Crippen LogP contribution in [0.3, 0.4) is 0 Å². The first-order valence-corrected chi connectivity index (χ1v) is 4.59. The van der Waals surface area contributed by atoms with Gasteiger partial charge in [-0.05, 0) is 12.1 Å². The SMILES string of the molecule is COc1ccccc1C=[NH+]N=C(N)N[N+](=O)[O-]. The van der Waals surface area contributed by atoms with Gasteiger partial charge in [-0.2, -0.15) is 0 Å². The fourth-order valence-corrected chi connectivity index (χ4v) is 1.08. The molecule has 4 N–H and O–H groups in total. The van der Waals surface area contributed by atoms with E-state index in [2.05, 4.69) is 10.2 Å². The molecule has 0 saturated carbocycles. The zero-order chi connectivity index (χ0) is 12.7. The second kappa shape index (κ2) is 6.05. The van der Waals surface area contributed by atoms with Crippen LogP contribution in [0, 0.1) is 10.1 Å². The van der Waals surface area contributed by atoms with E-state index in [-0.39, 0.29) is 5.96 Å². The summed E-state index contributed by atoms with van der Waals surface area (Å²) < 4.78 is 5.09. The summed E-state index contributed by atoms with van der Waals surface area (Å²) in [6.45, 7) is 0. The number of nitrogens with one attached hydrogen (secondary N) is 2. The Bertz CT molecular complexity index is 458. The number of benzene rings is 1. The van der Waals surface area contributed by atoms with E-state index < -0.39 is 5.03 Å². The van der Waals surface area contributed by atoms with E-state index in [0.717, 1.165) is 5.56 Å². The molecule has 17 heavy (non-hydrogen) atoms. The molecule has 8 nitrogen and oxygen atoms in total. The molecule has 0 unspecified atom stereocenters. The molecule has 0 spiro atoms. The second-order valence-corrected chi connectivity index (χ2v) is 2.88. The molecular weight excluding hydrogens is 226 g/mol. The van der Waals surface area contributed by atoms with Crippen molar-refractivity contribution >= 4 is 12.2 Å². The summed E-state index contributed by atoms with van der Waals surface area (Å²) in [5.74, 6) is 0.303. The van der Waals surface area contributed by atoms with Crippen LogP contribution in [-0.4, -0.2) is 24.3 Å². The average Bonchev–Trinajstić information content (AvgIpc) is 2.28. The molecule has 8 heteroatoms. The largest absolute Gasteiger partial charge is 0.496 e. The van der Waals surface area contributed by atoms with Gasteiger partial charge in [-0.1, -0.05) is 17.6 Å². The number of hydrogen-bond acceptors (Lipinski definition) is 4. The minimum atomic E-state index is -0.802. The number of nitro groups is 1. The first kappa shape index (κ1) is 12.4. The van der Waals surface area contributed by atoms with Gasteiger partial charge in [0.1, 0.15) is 5.75 Å². The molecule has 90 valence electrons. The Kier molecular flexibility index (Phi) is 4.43. The fraction of sp³-hybridized carbons (Fsp3) is 0.111. The monoisotopic (exact) mass is 238 g/mol. The maximum atomic E-state index is 10.0. The summed E-state index contributed by atoms with van der Waals surface area (Å²) in [5.41, 5.74) is 7.63. The predicted molar refractivity (Wildman–Crippen MR) is 60.9 cm³/mol. The third-order valence-corrected chi connectivity index (χ3v) is 1.75. The third-order valence-electron chi connectivity index (χ3n) is 1.75. The molecule has 0 aliphatic carbocycles. The number of hydrogen-bond donors (Lipinski definition) is 3. The van der Waals surface area contributed by atoms with Gasteiger partial charge in [0.15, 0.2) is 5.03 Å². The van der Waals surface area contributed by atoms with Crippen LogP contribution in [0.5, 0.6) is 5.75 Å². The standard InChI is InChI=1S/C9H11N5O3/c1-17-8-5-3-2-4-7(8)6-11-12-9(10)13-14(15)16/h2-6H,1H3,(H3,10,12,13)/p+1. The van der Waals surface area contributed by atoms with E-state index in [1.165, 1.54) is 6.21 Å². The highest BCUT2D eigenvalue weighted by Crippen LogP contribution is 2.13. The van der Waals surface area contributed by atoms with Gasteiger partial charge in [0, 0.05) is 5.10 Å². The Hall–Kier alpha value is -2.64. The molecule has 0 bridgehead atoms. The first-order chi connectivity index (χ1) is 8.13. The van der Waals surface area contributed by atoms with Crippen LogP contribution in [0.25, 0.3) is 0 Å². The van der Waals surface area contributed by atoms with Crippen molar-refractivity contribution in [3.8, 4) is 5.75 Å². The zero-order valence-corrected chi connectivity index (χ0v) is 9.08. The summed E-state index contributed by atoms with van der Waals surface area (Å²) >= 11 is 0. The van der Waals surface area contributed by atoms with Gasteiger partial charge >= 0.3 is 5.96 Å². The second-order valence-electron chi connectivity index (χ2n) is 2.88. The van der Waals surface area contributed by atoms with Crippen molar-refractivity contribution < 1.29 is 14.9 Å². The van der Waals surface area contributed by atoms with Gasteiger partial charge in [0.05, 0.1) is 12.7 Å². The molecular formula is C9H12N5O3+. The molecule has 0 saturated heterocycles. The van der Waals surface area contributed by atoms with E-state index in [0.29, 0.717) is 5.75 Å². The summed E-state index contributed by atoms with van der Waals surface area (Å²) in [6.07, 6.45) is 1.51. The van der Waals surface area contributed by atoms with E-state index in [1.54, 1.807) is 24.7 Å². The van der Waals surface area contributed by atoms with Gasteiger partial charge < -0.3 is 10.5 Å². The molecule has 0 aliphatic rings. The van der Waals surface area contributed by atoms with E-state index >= 15 is 0 Å². The van der Waals surface area contributed by atoms with Gasteiger partial charge in [-0.15, -0.1) is 5.10 Å². The van der Waals surface area contributed by atoms with Crippen molar-refractivity contribution in [1.82, 2.24) is 5.43 Å². The topological polar surface area (TPSA) is 117 Å². The number of para-hydroxylation sites is 1. The highest BCUT2D eigenvalue weighted by molar-refractivity contribution is 5.80. The molecule has 0 radical (unpaired) electrons. The summed E-state index contributed by atoms with van der Waals surface area (Å²) in [4.78, 5) is 10.0. The average molecular weight is 238 g/mol. The quantitative estimate of drug-likeness (QED) is 0.248. The van der Waals surface area contributed by atoms with Gasteiger partial charge in [0.2, 0.25) is 6.21 Å². The lowest BCUT2D eigenvalue weighted by molar-refractivity contribution is -0.528. The van der Waals surface area contributed by atoms with Crippen LogP contribution in [0.2, 0.25) is 0 Å². The van der Waals surface area contributed by atoms with Gasteiger partial charge in [-0.3, -0.25) is 0 Å². The highest BCUT2D eigenvalue weighted by Gasteiger charge is 2.02. The van der Waals surface area contributed by atoms with Crippen LogP contribution in [-0.2, 0) is 0 Å². The molecule has 0 heterocycles. The minimum absolute atomic E-state index is 0.346.